The van der Waals surface area contributed by atoms with E-state index in [0.717, 1.165) is 42.8 Å². The molecule has 2 aliphatic rings. The molecule has 2 aromatic rings. The monoisotopic (exact) mass is 358 g/mol. The second-order valence-electron chi connectivity index (χ2n) is 6.83. The van der Waals surface area contributed by atoms with E-state index in [1.54, 1.807) is 6.20 Å². The van der Waals surface area contributed by atoms with Gasteiger partial charge in [-0.25, -0.2) is 4.98 Å². The summed E-state index contributed by atoms with van der Waals surface area (Å²) >= 11 is 1.53. The van der Waals surface area contributed by atoms with Gasteiger partial charge < -0.3 is 14.4 Å². The third-order valence-corrected chi connectivity index (χ3v) is 6.12. The average molecular weight is 358 g/mol. The Kier molecular flexibility index (Phi) is 4.48. The predicted octanol–water partition coefficient (Wildman–Crippen LogP) is 3.29. The lowest BCUT2D eigenvalue weighted by Crippen LogP contribution is -2.46. The number of thiophene rings is 1. The van der Waals surface area contributed by atoms with Crippen LogP contribution in [0.3, 0.4) is 0 Å². The van der Waals surface area contributed by atoms with Crippen LogP contribution in [-0.2, 0) is 4.74 Å². The van der Waals surface area contributed by atoms with Gasteiger partial charge in [-0.3, -0.25) is 4.79 Å². The van der Waals surface area contributed by atoms with Gasteiger partial charge in [-0.2, -0.15) is 0 Å². The molecule has 1 spiro atoms. The fourth-order valence-electron chi connectivity index (χ4n) is 3.67. The summed E-state index contributed by atoms with van der Waals surface area (Å²) in [6, 6.07) is 7.67. The van der Waals surface area contributed by atoms with Crippen molar-refractivity contribution < 1.29 is 14.3 Å². The van der Waals surface area contributed by atoms with Crippen molar-refractivity contribution in [3.05, 3.63) is 46.3 Å². The largest absolute Gasteiger partial charge is 0.472 e. The number of amides is 1. The lowest BCUT2D eigenvalue weighted by Gasteiger charge is -2.38. The molecule has 25 heavy (non-hydrogen) atoms. The molecule has 4 rings (SSSR count). The van der Waals surface area contributed by atoms with Crippen LogP contribution >= 0.6 is 11.3 Å². The number of ether oxygens (including phenoxy) is 2. The molecule has 6 heteroatoms. The second-order valence-corrected chi connectivity index (χ2v) is 7.75. The van der Waals surface area contributed by atoms with Crippen LogP contribution in [0.2, 0.25) is 0 Å². The summed E-state index contributed by atoms with van der Waals surface area (Å²) in [6.45, 7) is 4.07. The van der Waals surface area contributed by atoms with Crippen LogP contribution in [0.4, 0.5) is 0 Å². The fraction of sp³-hybridized carbons (Fsp3) is 0.474. The average Bonchev–Trinajstić information content (AvgIpc) is 3.23. The van der Waals surface area contributed by atoms with Crippen LogP contribution in [0.1, 0.15) is 34.5 Å². The molecule has 0 aromatic carbocycles. The van der Waals surface area contributed by atoms with Crippen LogP contribution < -0.4 is 4.74 Å². The number of nitrogens with zero attached hydrogens (tertiary/aromatic N) is 2. The minimum Gasteiger partial charge on any atom is -0.472 e. The zero-order chi connectivity index (χ0) is 17.3. The molecule has 2 aromatic heterocycles. The maximum Gasteiger partial charge on any atom is 0.264 e. The Morgan fingerprint density at radius 2 is 2.20 bits per heavy atom. The number of carbonyl (C=O) groups is 1. The number of pyridine rings is 1. The summed E-state index contributed by atoms with van der Waals surface area (Å²) < 4.78 is 12.1. The fourth-order valence-corrected chi connectivity index (χ4v) is 4.56. The van der Waals surface area contributed by atoms with E-state index in [2.05, 4.69) is 4.98 Å². The van der Waals surface area contributed by atoms with E-state index < -0.39 is 0 Å². The third-order valence-electron chi connectivity index (χ3n) is 5.12. The van der Waals surface area contributed by atoms with E-state index in [4.69, 9.17) is 9.47 Å². The van der Waals surface area contributed by atoms with E-state index >= 15 is 0 Å². The molecule has 0 N–H and O–H groups in total. The highest BCUT2D eigenvalue weighted by molar-refractivity contribution is 7.12. The van der Waals surface area contributed by atoms with E-state index in [-0.39, 0.29) is 17.6 Å². The Labute approximate surface area is 151 Å². The van der Waals surface area contributed by atoms with Crippen molar-refractivity contribution in [2.24, 2.45) is 0 Å². The maximum atomic E-state index is 12.7. The molecule has 132 valence electrons. The van der Waals surface area contributed by atoms with Gasteiger partial charge >= 0.3 is 0 Å². The van der Waals surface area contributed by atoms with E-state index in [0.29, 0.717) is 12.5 Å². The highest BCUT2D eigenvalue weighted by atomic mass is 32.1. The highest BCUT2D eigenvalue weighted by Gasteiger charge is 2.44. The molecule has 0 aliphatic carbocycles. The smallest absolute Gasteiger partial charge is 0.264 e. The SMILES string of the molecule is Cc1ccsc1C(=O)N1CCC2(CC1)CC(Oc1ccccn1)CO2. The van der Waals surface area contributed by atoms with Crippen LogP contribution in [0, 0.1) is 6.92 Å². The van der Waals surface area contributed by atoms with E-state index in [1.165, 1.54) is 11.3 Å². The quantitative estimate of drug-likeness (QED) is 0.845. The zero-order valence-corrected chi connectivity index (χ0v) is 15.1. The van der Waals surface area contributed by atoms with Crippen LogP contribution in [0.25, 0.3) is 0 Å². The first-order valence-corrected chi connectivity index (χ1v) is 9.58. The molecule has 1 unspecified atom stereocenters. The molecule has 0 radical (unpaired) electrons. The molecule has 2 saturated heterocycles. The topological polar surface area (TPSA) is 51.7 Å². The number of aromatic nitrogens is 1. The van der Waals surface area contributed by atoms with Gasteiger partial charge in [0.15, 0.2) is 0 Å². The van der Waals surface area contributed by atoms with Gasteiger partial charge in [-0.05, 0) is 42.8 Å². The summed E-state index contributed by atoms with van der Waals surface area (Å²) in [5.74, 6) is 0.801. The number of rotatable bonds is 3. The van der Waals surface area contributed by atoms with Gasteiger partial charge in [0.1, 0.15) is 6.10 Å². The standard InChI is InChI=1S/C19H22N2O3S/c1-14-5-11-25-17(14)18(22)21-9-6-19(7-10-21)12-15(13-23-19)24-16-4-2-3-8-20-16/h2-5,8,11,15H,6-7,9-10,12-13H2,1H3. The Morgan fingerprint density at radius 1 is 1.36 bits per heavy atom. The minimum atomic E-state index is -0.152. The highest BCUT2D eigenvalue weighted by Crippen LogP contribution is 2.37. The molecule has 4 heterocycles. The van der Waals surface area contributed by atoms with Crippen molar-refractivity contribution >= 4 is 17.2 Å². The number of aryl methyl sites for hydroxylation is 1. The lowest BCUT2D eigenvalue weighted by molar-refractivity contribution is -0.0395. The Hall–Kier alpha value is -1.92. The summed E-state index contributed by atoms with van der Waals surface area (Å²) in [7, 11) is 0. The number of carbonyl (C=O) groups excluding carboxylic acids is 1. The van der Waals surface area contributed by atoms with Gasteiger partial charge in [-0.15, -0.1) is 11.3 Å². The summed E-state index contributed by atoms with van der Waals surface area (Å²) in [5.41, 5.74) is 0.914. The van der Waals surface area contributed by atoms with Crippen LogP contribution in [0.15, 0.2) is 35.8 Å². The second kappa shape index (κ2) is 6.77. The Morgan fingerprint density at radius 3 is 2.88 bits per heavy atom. The third kappa shape index (κ3) is 3.41. The summed E-state index contributed by atoms with van der Waals surface area (Å²) in [5, 5.41) is 1.98. The molecular weight excluding hydrogens is 336 g/mol. The normalized spacial score (nSPS) is 22.3. The van der Waals surface area contributed by atoms with Crippen molar-refractivity contribution in [1.29, 1.82) is 0 Å². The predicted molar refractivity (Wildman–Crippen MR) is 96.1 cm³/mol. The van der Waals surface area contributed by atoms with Crippen molar-refractivity contribution in [2.45, 2.75) is 37.9 Å². The van der Waals surface area contributed by atoms with E-state index in [9.17, 15) is 4.79 Å². The number of piperidine rings is 1. The van der Waals surface area contributed by atoms with Gasteiger partial charge in [0.25, 0.3) is 5.91 Å². The molecule has 1 atom stereocenters. The van der Waals surface area contributed by atoms with E-state index in [1.807, 2.05) is 41.5 Å². The summed E-state index contributed by atoms with van der Waals surface area (Å²) in [6.07, 6.45) is 4.37. The van der Waals surface area contributed by atoms with Crippen molar-refractivity contribution in [1.82, 2.24) is 9.88 Å². The molecule has 5 nitrogen and oxygen atoms in total. The molecule has 0 bridgehead atoms. The molecule has 1 amide bonds. The molecule has 2 fully saturated rings. The van der Waals surface area contributed by atoms with Crippen LogP contribution in [0.5, 0.6) is 5.88 Å². The van der Waals surface area contributed by atoms with Crippen molar-refractivity contribution in [2.75, 3.05) is 19.7 Å². The number of likely N-dealkylation sites (tertiary alicyclic amines) is 1. The number of hydrogen-bond donors (Lipinski definition) is 0. The minimum absolute atomic E-state index is 0.0386. The zero-order valence-electron chi connectivity index (χ0n) is 14.3. The maximum absolute atomic E-state index is 12.7. The van der Waals surface area contributed by atoms with Crippen LogP contribution in [-0.4, -0.2) is 47.2 Å². The first-order valence-electron chi connectivity index (χ1n) is 8.70. The lowest BCUT2D eigenvalue weighted by atomic mass is 9.88. The van der Waals surface area contributed by atoms with Gasteiger partial charge in [0.2, 0.25) is 5.88 Å². The summed E-state index contributed by atoms with van der Waals surface area (Å²) in [4.78, 5) is 19.7. The Bertz CT molecular complexity index is 738. The van der Waals surface area contributed by atoms with Gasteiger partial charge in [0.05, 0.1) is 17.1 Å². The first-order chi connectivity index (χ1) is 12.2. The van der Waals surface area contributed by atoms with Crippen molar-refractivity contribution in [3.8, 4) is 5.88 Å². The van der Waals surface area contributed by atoms with Gasteiger partial charge in [-0.1, -0.05) is 6.07 Å². The molecule has 0 saturated carbocycles. The van der Waals surface area contributed by atoms with Crippen molar-refractivity contribution in [3.63, 3.8) is 0 Å². The Balaban J connectivity index is 1.34. The molecule has 2 aliphatic heterocycles. The molecular formula is C19H22N2O3S. The first kappa shape index (κ1) is 16.5. The number of hydrogen-bond acceptors (Lipinski definition) is 5. The van der Waals surface area contributed by atoms with Gasteiger partial charge in [0, 0.05) is 31.8 Å².